The highest BCUT2D eigenvalue weighted by molar-refractivity contribution is 5.82. The highest BCUT2D eigenvalue weighted by Crippen LogP contribution is 2.61. The second-order valence-electron chi connectivity index (χ2n) is 8.63. The quantitative estimate of drug-likeness (QED) is 0.817. The van der Waals surface area contributed by atoms with Crippen LogP contribution in [0, 0.1) is 23.2 Å². The van der Waals surface area contributed by atoms with Crippen molar-refractivity contribution in [3.8, 4) is 0 Å². The molecule has 23 heavy (non-hydrogen) atoms. The Morgan fingerprint density at radius 2 is 1.87 bits per heavy atom. The smallest absolute Gasteiger partial charge is 0.234 e. The van der Waals surface area contributed by atoms with Gasteiger partial charge in [-0.2, -0.15) is 0 Å². The average molecular weight is 319 g/mol. The molecule has 5 heteroatoms. The molecule has 2 N–H and O–H groups in total. The van der Waals surface area contributed by atoms with Gasteiger partial charge in [0.1, 0.15) is 0 Å². The SMILES string of the molecule is C[C@@H](NC(=O)CN1CCNC(=O)C1)C12CC3CC(CC(C3)C1)C2. The summed E-state index contributed by atoms with van der Waals surface area (Å²) in [6, 6.07) is 0.266. The van der Waals surface area contributed by atoms with E-state index in [1.807, 2.05) is 4.90 Å². The van der Waals surface area contributed by atoms with E-state index in [0.717, 1.165) is 24.3 Å². The minimum atomic E-state index is 0.0261. The summed E-state index contributed by atoms with van der Waals surface area (Å²) in [5.74, 6) is 2.84. The summed E-state index contributed by atoms with van der Waals surface area (Å²) in [6.45, 7) is 4.33. The zero-order chi connectivity index (χ0) is 16.0. The van der Waals surface area contributed by atoms with Crippen LogP contribution in [0.3, 0.4) is 0 Å². The number of rotatable bonds is 4. The van der Waals surface area contributed by atoms with Crippen LogP contribution in [0.1, 0.15) is 45.4 Å². The Morgan fingerprint density at radius 3 is 2.43 bits per heavy atom. The van der Waals surface area contributed by atoms with Crippen LogP contribution < -0.4 is 10.6 Å². The lowest BCUT2D eigenvalue weighted by atomic mass is 9.48. The van der Waals surface area contributed by atoms with Crippen molar-refractivity contribution in [3.05, 3.63) is 0 Å². The van der Waals surface area contributed by atoms with E-state index in [0.29, 0.717) is 25.0 Å². The van der Waals surface area contributed by atoms with Crippen molar-refractivity contribution in [1.82, 2.24) is 15.5 Å². The summed E-state index contributed by atoms with van der Waals surface area (Å²) in [5.41, 5.74) is 0.351. The summed E-state index contributed by atoms with van der Waals surface area (Å²) in [5, 5.41) is 6.09. The molecule has 0 radical (unpaired) electrons. The molecule has 5 fully saturated rings. The predicted molar refractivity (Wildman–Crippen MR) is 87.7 cm³/mol. The van der Waals surface area contributed by atoms with Crippen molar-refractivity contribution in [2.45, 2.75) is 51.5 Å². The van der Waals surface area contributed by atoms with Crippen LogP contribution in [0.5, 0.6) is 0 Å². The first kappa shape index (κ1) is 15.4. The van der Waals surface area contributed by atoms with Crippen LogP contribution in [0.2, 0.25) is 0 Å². The van der Waals surface area contributed by atoms with Gasteiger partial charge in [0, 0.05) is 19.1 Å². The second kappa shape index (κ2) is 5.76. The summed E-state index contributed by atoms with van der Waals surface area (Å²) < 4.78 is 0. The largest absolute Gasteiger partial charge is 0.354 e. The zero-order valence-electron chi connectivity index (χ0n) is 14.1. The fourth-order valence-electron chi connectivity index (χ4n) is 6.18. The molecule has 1 heterocycles. The molecule has 4 bridgehead atoms. The summed E-state index contributed by atoms with van der Waals surface area (Å²) in [7, 11) is 0. The minimum absolute atomic E-state index is 0.0261. The van der Waals surface area contributed by atoms with Crippen molar-refractivity contribution >= 4 is 11.8 Å². The van der Waals surface area contributed by atoms with Crippen molar-refractivity contribution in [2.75, 3.05) is 26.2 Å². The van der Waals surface area contributed by atoms with Gasteiger partial charge in [0.2, 0.25) is 11.8 Å². The van der Waals surface area contributed by atoms with Gasteiger partial charge >= 0.3 is 0 Å². The Balaban J connectivity index is 1.35. The molecule has 4 saturated carbocycles. The Labute approximate surface area is 138 Å². The monoisotopic (exact) mass is 319 g/mol. The van der Waals surface area contributed by atoms with Gasteiger partial charge < -0.3 is 10.6 Å². The minimum Gasteiger partial charge on any atom is -0.354 e. The number of nitrogens with zero attached hydrogens (tertiary/aromatic N) is 1. The zero-order valence-corrected chi connectivity index (χ0v) is 14.1. The van der Waals surface area contributed by atoms with Crippen molar-refractivity contribution < 1.29 is 9.59 Å². The first-order valence-corrected chi connectivity index (χ1v) is 9.31. The molecule has 2 amide bonds. The maximum atomic E-state index is 12.4. The molecular weight excluding hydrogens is 290 g/mol. The van der Waals surface area contributed by atoms with Gasteiger partial charge in [-0.05, 0) is 68.6 Å². The molecule has 1 atom stereocenters. The number of hydrogen-bond acceptors (Lipinski definition) is 3. The van der Waals surface area contributed by atoms with E-state index in [4.69, 9.17) is 0 Å². The lowest BCUT2D eigenvalue weighted by molar-refractivity contribution is -0.129. The fourth-order valence-corrected chi connectivity index (χ4v) is 6.18. The van der Waals surface area contributed by atoms with Gasteiger partial charge in [-0.1, -0.05) is 0 Å². The molecule has 1 saturated heterocycles. The van der Waals surface area contributed by atoms with Crippen molar-refractivity contribution in [2.24, 2.45) is 23.2 Å². The molecule has 0 aromatic heterocycles. The lowest BCUT2D eigenvalue weighted by Crippen LogP contribution is -2.57. The van der Waals surface area contributed by atoms with Crippen molar-refractivity contribution in [3.63, 3.8) is 0 Å². The number of nitrogens with one attached hydrogen (secondary N) is 2. The van der Waals surface area contributed by atoms with Crippen LogP contribution >= 0.6 is 0 Å². The third-order valence-corrected chi connectivity index (χ3v) is 6.87. The first-order valence-electron chi connectivity index (χ1n) is 9.31. The van der Waals surface area contributed by atoms with Gasteiger partial charge in [0.15, 0.2) is 0 Å². The number of amides is 2. The van der Waals surface area contributed by atoms with Crippen LogP contribution in [0.4, 0.5) is 0 Å². The number of carbonyl (C=O) groups is 2. The third kappa shape index (κ3) is 3.00. The van der Waals surface area contributed by atoms with Gasteiger partial charge in [0.05, 0.1) is 13.1 Å². The van der Waals surface area contributed by atoms with E-state index < -0.39 is 0 Å². The van der Waals surface area contributed by atoms with Crippen LogP contribution in [0.15, 0.2) is 0 Å². The number of piperazine rings is 1. The van der Waals surface area contributed by atoms with E-state index in [2.05, 4.69) is 17.6 Å². The third-order valence-electron chi connectivity index (χ3n) is 6.87. The Bertz CT molecular complexity index is 469. The number of carbonyl (C=O) groups excluding carboxylic acids is 2. The van der Waals surface area contributed by atoms with E-state index in [1.165, 1.54) is 38.5 Å². The molecule has 1 aliphatic heterocycles. The van der Waals surface area contributed by atoms with E-state index in [1.54, 1.807) is 0 Å². The average Bonchev–Trinajstić information content (AvgIpc) is 2.45. The van der Waals surface area contributed by atoms with Crippen molar-refractivity contribution in [1.29, 1.82) is 0 Å². The highest BCUT2D eigenvalue weighted by Gasteiger charge is 2.53. The summed E-state index contributed by atoms with van der Waals surface area (Å²) in [6.07, 6.45) is 8.24. The normalized spacial score (nSPS) is 40.7. The molecule has 4 aliphatic carbocycles. The Hall–Kier alpha value is -1.10. The molecule has 128 valence electrons. The van der Waals surface area contributed by atoms with Gasteiger partial charge in [0.25, 0.3) is 0 Å². The maximum Gasteiger partial charge on any atom is 0.234 e. The predicted octanol–water partition coefficient (Wildman–Crippen LogP) is 1.14. The molecule has 5 rings (SSSR count). The second-order valence-corrected chi connectivity index (χ2v) is 8.63. The standard InChI is InChI=1S/C18H29N3O2/c1-12(20-17(23)11-21-3-2-19-16(22)10-21)18-7-13-4-14(8-18)6-15(5-13)9-18/h12-15H,2-11H2,1H3,(H,19,22)(H,20,23)/t12-,13?,14?,15?,18?/m1/s1. The van der Waals surface area contributed by atoms with Gasteiger partial charge in [-0.15, -0.1) is 0 Å². The topological polar surface area (TPSA) is 61.4 Å². The van der Waals surface area contributed by atoms with E-state index in [-0.39, 0.29) is 17.9 Å². The van der Waals surface area contributed by atoms with E-state index in [9.17, 15) is 9.59 Å². The van der Waals surface area contributed by atoms with Crippen LogP contribution in [-0.4, -0.2) is 48.9 Å². The van der Waals surface area contributed by atoms with Crippen LogP contribution in [-0.2, 0) is 9.59 Å². The van der Waals surface area contributed by atoms with E-state index >= 15 is 0 Å². The van der Waals surface area contributed by atoms with Gasteiger partial charge in [-0.3, -0.25) is 14.5 Å². The Kier molecular flexibility index (Phi) is 3.87. The first-order chi connectivity index (χ1) is 11.0. The molecule has 0 unspecified atom stereocenters. The lowest BCUT2D eigenvalue weighted by Gasteiger charge is -2.59. The fraction of sp³-hybridized carbons (Fsp3) is 0.889. The molecule has 5 nitrogen and oxygen atoms in total. The molecule has 0 aromatic rings. The Morgan fingerprint density at radius 1 is 1.26 bits per heavy atom. The summed E-state index contributed by atoms with van der Waals surface area (Å²) >= 11 is 0. The maximum absolute atomic E-state index is 12.4. The molecule has 0 aromatic carbocycles. The van der Waals surface area contributed by atoms with Crippen LogP contribution in [0.25, 0.3) is 0 Å². The molecular formula is C18H29N3O2. The van der Waals surface area contributed by atoms with Gasteiger partial charge in [-0.25, -0.2) is 0 Å². The summed E-state index contributed by atoms with van der Waals surface area (Å²) in [4.78, 5) is 25.8. The molecule has 5 aliphatic rings. The molecule has 0 spiro atoms. The number of hydrogen-bond donors (Lipinski definition) is 2. The highest BCUT2D eigenvalue weighted by atomic mass is 16.2.